The van der Waals surface area contributed by atoms with Crippen molar-refractivity contribution in [2.75, 3.05) is 5.75 Å². The van der Waals surface area contributed by atoms with Crippen LogP contribution in [0.25, 0.3) is 0 Å². The molecule has 0 aliphatic heterocycles. The third-order valence-corrected chi connectivity index (χ3v) is 8.23. The van der Waals surface area contributed by atoms with Gasteiger partial charge in [0, 0.05) is 0 Å². The van der Waals surface area contributed by atoms with Gasteiger partial charge in [-0.2, -0.15) is 0 Å². The van der Waals surface area contributed by atoms with Crippen LogP contribution in [0.15, 0.2) is 46.9 Å². The zero-order chi connectivity index (χ0) is 18.1. The minimum atomic E-state index is -3.19. The van der Waals surface area contributed by atoms with E-state index in [-0.39, 0.29) is 17.3 Å². The van der Waals surface area contributed by atoms with Gasteiger partial charge in [0.1, 0.15) is 0 Å². The molecule has 0 bridgehead atoms. The minimum Gasteiger partial charge on any atom is -0.393 e. The average Bonchev–Trinajstić information content (AvgIpc) is 2.94. The molecule has 4 heteroatoms. The Balaban J connectivity index is 1.59. The molecule has 0 saturated heterocycles. The highest BCUT2D eigenvalue weighted by molar-refractivity contribution is 7.91. The molecule has 1 aromatic rings. The van der Waals surface area contributed by atoms with Gasteiger partial charge in [-0.15, -0.1) is 0 Å². The van der Waals surface area contributed by atoms with Crippen LogP contribution in [-0.4, -0.2) is 25.4 Å². The van der Waals surface area contributed by atoms with Crippen molar-refractivity contribution < 1.29 is 13.5 Å². The van der Waals surface area contributed by atoms with Crippen LogP contribution in [0.5, 0.6) is 0 Å². The first kappa shape index (κ1) is 18.7. The summed E-state index contributed by atoms with van der Waals surface area (Å²) in [5.74, 6) is 0.940. The van der Waals surface area contributed by atoms with Gasteiger partial charge < -0.3 is 5.11 Å². The van der Waals surface area contributed by atoms with Gasteiger partial charge in [0.2, 0.25) is 0 Å². The Kier molecular flexibility index (Phi) is 5.40. The Hall–Kier alpha value is -1.13. The largest absolute Gasteiger partial charge is 0.393 e. The normalized spacial score (nSPS) is 30.6. The van der Waals surface area contributed by atoms with Crippen molar-refractivity contribution in [1.29, 1.82) is 0 Å². The second-order valence-corrected chi connectivity index (χ2v) is 10.2. The summed E-state index contributed by atoms with van der Waals surface area (Å²) in [6.45, 7) is 4.52. The summed E-state index contributed by atoms with van der Waals surface area (Å²) in [6, 6.07) is 8.73. The predicted molar refractivity (Wildman–Crippen MR) is 101 cm³/mol. The number of benzene rings is 1. The molecule has 4 atom stereocenters. The second-order valence-electron chi connectivity index (χ2n) is 8.05. The topological polar surface area (TPSA) is 54.4 Å². The van der Waals surface area contributed by atoms with E-state index in [0.29, 0.717) is 23.2 Å². The SMILES string of the molecule is C[C@H](CCCS(=O)(=O)c1ccccc1)C1=CCC2C(O)CCC[C@]12C. The molecule has 1 aromatic carbocycles. The lowest BCUT2D eigenvalue weighted by atomic mass is 9.63. The van der Waals surface area contributed by atoms with E-state index in [1.165, 1.54) is 5.57 Å². The number of hydrogen-bond acceptors (Lipinski definition) is 3. The van der Waals surface area contributed by atoms with Crippen LogP contribution < -0.4 is 0 Å². The third-order valence-electron chi connectivity index (χ3n) is 6.41. The molecule has 0 amide bonds. The van der Waals surface area contributed by atoms with E-state index in [1.807, 2.05) is 6.07 Å². The van der Waals surface area contributed by atoms with Gasteiger partial charge in [-0.3, -0.25) is 0 Å². The van der Waals surface area contributed by atoms with Gasteiger partial charge in [0.15, 0.2) is 9.84 Å². The van der Waals surface area contributed by atoms with E-state index in [1.54, 1.807) is 24.3 Å². The molecule has 1 N–H and O–H groups in total. The molecule has 25 heavy (non-hydrogen) atoms. The lowest BCUT2D eigenvalue weighted by Crippen LogP contribution is -2.39. The molecule has 3 nitrogen and oxygen atoms in total. The minimum absolute atomic E-state index is 0.107. The molecule has 138 valence electrons. The molecule has 1 saturated carbocycles. The van der Waals surface area contributed by atoms with E-state index in [4.69, 9.17) is 0 Å². The first-order valence-electron chi connectivity index (χ1n) is 9.51. The number of aliphatic hydroxyl groups excluding tert-OH is 1. The number of fused-ring (bicyclic) bond motifs is 1. The molecule has 2 aliphatic carbocycles. The number of allylic oxidation sites excluding steroid dienone is 2. The quantitative estimate of drug-likeness (QED) is 0.764. The van der Waals surface area contributed by atoms with Crippen LogP contribution >= 0.6 is 0 Å². The fourth-order valence-electron chi connectivity index (χ4n) is 5.00. The monoisotopic (exact) mass is 362 g/mol. The maximum absolute atomic E-state index is 12.4. The number of rotatable bonds is 6. The lowest BCUT2D eigenvalue weighted by molar-refractivity contribution is 0.00780. The molecule has 0 aromatic heterocycles. The zero-order valence-corrected chi connectivity index (χ0v) is 16.1. The van der Waals surface area contributed by atoms with Crippen LogP contribution in [0.1, 0.15) is 52.4 Å². The highest BCUT2D eigenvalue weighted by Crippen LogP contribution is 2.55. The van der Waals surface area contributed by atoms with Crippen molar-refractivity contribution >= 4 is 9.84 Å². The van der Waals surface area contributed by atoms with E-state index in [2.05, 4.69) is 19.9 Å². The summed E-state index contributed by atoms with van der Waals surface area (Å²) in [7, 11) is -3.19. The van der Waals surface area contributed by atoms with Crippen molar-refractivity contribution in [2.24, 2.45) is 17.3 Å². The first-order chi connectivity index (χ1) is 11.8. The van der Waals surface area contributed by atoms with Crippen molar-refractivity contribution in [1.82, 2.24) is 0 Å². The Morgan fingerprint density at radius 1 is 1.28 bits per heavy atom. The molecular formula is C21H30O3S. The molecule has 0 spiro atoms. The Morgan fingerprint density at radius 2 is 2.00 bits per heavy atom. The highest BCUT2D eigenvalue weighted by atomic mass is 32.2. The van der Waals surface area contributed by atoms with Crippen LogP contribution in [0.2, 0.25) is 0 Å². The molecule has 2 aliphatic rings. The number of aliphatic hydroxyl groups is 1. The van der Waals surface area contributed by atoms with Crippen LogP contribution in [0.3, 0.4) is 0 Å². The standard InChI is InChI=1S/C21H30O3S/c1-16(8-7-15-25(23,24)17-9-4-3-5-10-17)18-12-13-19-20(22)11-6-14-21(18,19)2/h3-5,9-10,12,16,19-20,22H,6-8,11,13-15H2,1-2H3/t16-,19?,20?,21-/m1/s1. The number of hydrogen-bond donors (Lipinski definition) is 1. The smallest absolute Gasteiger partial charge is 0.178 e. The summed E-state index contributed by atoms with van der Waals surface area (Å²) in [5.41, 5.74) is 1.56. The Morgan fingerprint density at radius 3 is 2.72 bits per heavy atom. The zero-order valence-electron chi connectivity index (χ0n) is 15.3. The van der Waals surface area contributed by atoms with E-state index in [9.17, 15) is 13.5 Å². The third kappa shape index (κ3) is 3.70. The van der Waals surface area contributed by atoms with Gasteiger partial charge in [-0.05, 0) is 67.9 Å². The van der Waals surface area contributed by atoms with Gasteiger partial charge in [-0.1, -0.05) is 43.7 Å². The maximum Gasteiger partial charge on any atom is 0.178 e. The summed E-state index contributed by atoms with van der Waals surface area (Å²) < 4.78 is 24.8. The molecular weight excluding hydrogens is 332 g/mol. The summed E-state index contributed by atoms with van der Waals surface area (Å²) in [5, 5.41) is 10.3. The van der Waals surface area contributed by atoms with E-state index in [0.717, 1.165) is 32.1 Å². The molecule has 2 unspecified atom stereocenters. The second kappa shape index (κ2) is 7.24. The van der Waals surface area contributed by atoms with Gasteiger partial charge >= 0.3 is 0 Å². The van der Waals surface area contributed by atoms with Crippen molar-refractivity contribution in [3.63, 3.8) is 0 Å². The molecule has 1 fully saturated rings. The predicted octanol–water partition coefficient (Wildman–Crippen LogP) is 4.37. The fraction of sp³-hybridized carbons (Fsp3) is 0.619. The van der Waals surface area contributed by atoms with Crippen LogP contribution in [0, 0.1) is 17.3 Å². The summed E-state index contributed by atoms with van der Waals surface area (Å²) in [6.07, 6.45) is 7.84. The van der Waals surface area contributed by atoms with Gasteiger partial charge in [0.25, 0.3) is 0 Å². The fourth-order valence-corrected chi connectivity index (χ4v) is 6.35. The summed E-state index contributed by atoms with van der Waals surface area (Å²) >= 11 is 0. The molecule has 0 radical (unpaired) electrons. The van der Waals surface area contributed by atoms with Crippen LogP contribution in [-0.2, 0) is 9.84 Å². The molecule has 3 rings (SSSR count). The van der Waals surface area contributed by atoms with Gasteiger partial charge in [0.05, 0.1) is 16.8 Å². The summed E-state index contributed by atoms with van der Waals surface area (Å²) in [4.78, 5) is 0.421. The van der Waals surface area contributed by atoms with Crippen molar-refractivity contribution in [3.05, 3.63) is 42.0 Å². The average molecular weight is 363 g/mol. The highest BCUT2D eigenvalue weighted by Gasteiger charge is 2.47. The first-order valence-corrected chi connectivity index (χ1v) is 11.2. The Labute approximate surface area is 152 Å². The Bertz CT molecular complexity index is 723. The van der Waals surface area contributed by atoms with Gasteiger partial charge in [-0.25, -0.2) is 8.42 Å². The number of sulfone groups is 1. The maximum atomic E-state index is 12.4. The van der Waals surface area contributed by atoms with E-state index >= 15 is 0 Å². The van der Waals surface area contributed by atoms with Crippen LogP contribution in [0.4, 0.5) is 0 Å². The van der Waals surface area contributed by atoms with Crippen molar-refractivity contribution in [3.8, 4) is 0 Å². The lowest BCUT2D eigenvalue weighted by Gasteiger charge is -2.43. The van der Waals surface area contributed by atoms with Crippen molar-refractivity contribution in [2.45, 2.75) is 63.4 Å². The van der Waals surface area contributed by atoms with E-state index < -0.39 is 9.84 Å². The molecule has 0 heterocycles.